The van der Waals surface area contributed by atoms with Crippen LogP contribution in [-0.4, -0.2) is 12.4 Å². The minimum Gasteiger partial charge on any atom is -0.322 e. The molecule has 0 aliphatic heterocycles. The lowest BCUT2D eigenvalue weighted by atomic mass is 9.98. The van der Waals surface area contributed by atoms with E-state index in [9.17, 15) is 26.3 Å². The lowest BCUT2D eigenvalue weighted by Gasteiger charge is -2.27. The molecule has 1 atom stereocenters. The number of aryl methyl sites for hydroxylation is 1. The Bertz CT molecular complexity index is 410. The van der Waals surface area contributed by atoms with Gasteiger partial charge in [-0.1, -0.05) is 0 Å². The highest BCUT2D eigenvalue weighted by Gasteiger charge is 2.60. The molecule has 1 nitrogen and oxygen atoms in total. The number of hydrogen-bond donors (Lipinski definition) is 1. The quantitative estimate of drug-likeness (QED) is 0.773. The molecule has 0 saturated carbocycles. The molecule has 2 N–H and O–H groups in total. The van der Waals surface area contributed by atoms with Crippen molar-refractivity contribution in [1.82, 2.24) is 0 Å². The number of rotatable bonds is 2. The second kappa shape index (κ2) is 5.01. The molecule has 18 heavy (non-hydrogen) atoms. The Morgan fingerprint density at radius 3 is 1.89 bits per heavy atom. The topological polar surface area (TPSA) is 26.0 Å². The molecule has 0 aliphatic rings. The average molecular weight is 356 g/mol. The fourth-order valence-corrected chi connectivity index (χ4v) is 3.43. The van der Waals surface area contributed by atoms with Gasteiger partial charge in [-0.25, -0.2) is 0 Å². The first-order valence-electron chi connectivity index (χ1n) is 4.59. The number of nitrogens with two attached hydrogens (primary N) is 1. The maximum atomic E-state index is 12.5. The highest BCUT2D eigenvalue weighted by Crippen LogP contribution is 2.48. The smallest absolute Gasteiger partial charge is 0.322 e. The molecular formula is C9H8BrF6NS. The molecule has 1 unspecified atom stereocenters. The van der Waals surface area contributed by atoms with Crippen LogP contribution in [0.15, 0.2) is 10.5 Å². The molecule has 0 amide bonds. The predicted octanol–water partition coefficient (Wildman–Crippen LogP) is 4.56. The monoisotopic (exact) mass is 355 g/mol. The summed E-state index contributed by atoms with van der Waals surface area (Å²) in [4.78, 5) is 0.419. The minimum atomic E-state index is -5.44. The van der Waals surface area contributed by atoms with Crippen LogP contribution < -0.4 is 5.73 Å². The van der Waals surface area contributed by atoms with Gasteiger partial charge < -0.3 is 5.73 Å². The Morgan fingerprint density at radius 2 is 1.61 bits per heavy atom. The summed E-state index contributed by atoms with van der Waals surface area (Å²) < 4.78 is 75.0. The largest absolute Gasteiger partial charge is 0.402 e. The summed E-state index contributed by atoms with van der Waals surface area (Å²) >= 11 is 3.73. The van der Waals surface area contributed by atoms with Crippen LogP contribution in [0.5, 0.6) is 0 Å². The van der Waals surface area contributed by atoms with Crippen molar-refractivity contribution < 1.29 is 26.3 Å². The summed E-state index contributed by atoms with van der Waals surface area (Å²) in [5, 5.41) is 0. The Morgan fingerprint density at radius 1 is 1.17 bits per heavy atom. The molecule has 104 valence electrons. The molecular weight excluding hydrogens is 348 g/mol. The van der Waals surface area contributed by atoms with E-state index in [1.165, 1.54) is 6.07 Å². The van der Waals surface area contributed by atoms with E-state index in [0.29, 0.717) is 4.88 Å². The van der Waals surface area contributed by atoms with Crippen molar-refractivity contribution in [3.63, 3.8) is 0 Å². The summed E-state index contributed by atoms with van der Waals surface area (Å²) in [7, 11) is 0. The second-order valence-electron chi connectivity index (χ2n) is 3.66. The number of hydrogen-bond acceptors (Lipinski definition) is 2. The molecule has 1 rings (SSSR count). The second-order valence-corrected chi connectivity index (χ2v) is 5.80. The molecule has 9 heteroatoms. The Hall–Kier alpha value is -0.280. The maximum absolute atomic E-state index is 12.5. The van der Waals surface area contributed by atoms with Crippen molar-refractivity contribution in [2.45, 2.75) is 25.3 Å². The first kappa shape index (κ1) is 15.8. The van der Waals surface area contributed by atoms with Crippen LogP contribution in [0.4, 0.5) is 26.3 Å². The molecule has 0 aliphatic carbocycles. The fourth-order valence-electron chi connectivity index (χ4n) is 1.47. The van der Waals surface area contributed by atoms with Crippen LogP contribution in [0.25, 0.3) is 0 Å². The molecule has 0 aromatic carbocycles. The van der Waals surface area contributed by atoms with E-state index in [4.69, 9.17) is 5.73 Å². The van der Waals surface area contributed by atoms with Crippen LogP contribution >= 0.6 is 27.3 Å². The van der Waals surface area contributed by atoms with Crippen LogP contribution in [0, 0.1) is 12.8 Å². The van der Waals surface area contributed by atoms with E-state index in [0.717, 1.165) is 11.3 Å². The van der Waals surface area contributed by atoms with Crippen molar-refractivity contribution in [3.05, 3.63) is 20.3 Å². The summed E-state index contributed by atoms with van der Waals surface area (Å²) in [5.41, 5.74) is 5.17. The molecule has 0 bridgehead atoms. The summed E-state index contributed by atoms with van der Waals surface area (Å²) in [5.74, 6) is -3.57. The molecule has 0 radical (unpaired) electrons. The van der Waals surface area contributed by atoms with Gasteiger partial charge in [0.1, 0.15) is 0 Å². The lowest BCUT2D eigenvalue weighted by Crippen LogP contribution is -2.43. The Labute approximate surface area is 111 Å². The number of alkyl halides is 6. The summed E-state index contributed by atoms with van der Waals surface area (Å²) in [6, 6.07) is -0.734. The van der Waals surface area contributed by atoms with Gasteiger partial charge in [0.05, 0.1) is 6.04 Å². The van der Waals surface area contributed by atoms with Gasteiger partial charge in [0.25, 0.3) is 0 Å². The molecule has 1 aromatic heterocycles. The average Bonchev–Trinajstić information content (AvgIpc) is 2.39. The first-order valence-corrected chi connectivity index (χ1v) is 6.20. The SMILES string of the molecule is Cc1cc(Br)c(C(N)C(C(F)(F)F)C(F)(F)F)s1. The van der Waals surface area contributed by atoms with Gasteiger partial charge in [-0.2, -0.15) is 26.3 Å². The van der Waals surface area contributed by atoms with Crippen molar-refractivity contribution in [2.24, 2.45) is 11.7 Å². The maximum Gasteiger partial charge on any atom is 0.402 e. The highest BCUT2D eigenvalue weighted by atomic mass is 79.9. The summed E-state index contributed by atoms with van der Waals surface area (Å²) in [6.45, 7) is 1.57. The van der Waals surface area contributed by atoms with Crippen LogP contribution in [0.1, 0.15) is 15.8 Å². The third-order valence-corrected chi connectivity index (χ3v) is 4.27. The summed E-state index contributed by atoms with van der Waals surface area (Å²) in [6.07, 6.45) is -10.9. The van der Waals surface area contributed by atoms with E-state index in [-0.39, 0.29) is 9.35 Å². The van der Waals surface area contributed by atoms with Crippen molar-refractivity contribution in [1.29, 1.82) is 0 Å². The number of halogens is 7. The fraction of sp³-hybridized carbons (Fsp3) is 0.556. The molecule has 1 heterocycles. The van der Waals surface area contributed by atoms with Crippen molar-refractivity contribution in [3.8, 4) is 0 Å². The molecule has 0 saturated heterocycles. The zero-order valence-corrected chi connectivity index (χ0v) is 11.3. The third kappa shape index (κ3) is 3.39. The third-order valence-electron chi connectivity index (χ3n) is 2.20. The van der Waals surface area contributed by atoms with Gasteiger partial charge >= 0.3 is 12.4 Å². The van der Waals surface area contributed by atoms with Gasteiger partial charge in [-0.3, -0.25) is 0 Å². The van der Waals surface area contributed by atoms with Gasteiger partial charge in [0.2, 0.25) is 0 Å². The van der Waals surface area contributed by atoms with Crippen LogP contribution in [-0.2, 0) is 0 Å². The zero-order valence-electron chi connectivity index (χ0n) is 8.86. The first-order chi connectivity index (χ1) is 7.94. The highest BCUT2D eigenvalue weighted by molar-refractivity contribution is 9.10. The van der Waals surface area contributed by atoms with Gasteiger partial charge in [-0.15, -0.1) is 11.3 Å². The lowest BCUT2D eigenvalue weighted by molar-refractivity contribution is -0.290. The molecule has 0 spiro atoms. The Kier molecular flexibility index (Phi) is 4.39. The normalized spacial score (nSPS) is 15.2. The minimum absolute atomic E-state index is 0.160. The van der Waals surface area contributed by atoms with E-state index in [2.05, 4.69) is 15.9 Å². The predicted molar refractivity (Wildman–Crippen MR) is 59.3 cm³/mol. The van der Waals surface area contributed by atoms with E-state index in [1.54, 1.807) is 6.92 Å². The molecule has 0 fully saturated rings. The van der Waals surface area contributed by atoms with Crippen molar-refractivity contribution in [2.75, 3.05) is 0 Å². The van der Waals surface area contributed by atoms with Crippen LogP contribution in [0.2, 0.25) is 0 Å². The standard InChI is InChI=1S/C9H8BrF6NS/c1-3-2-4(10)6(18-3)5(17)7(8(11,12)13)9(14,15)16/h2,5,7H,17H2,1H3. The number of thiophene rings is 1. The van der Waals surface area contributed by atoms with Gasteiger partial charge in [0.15, 0.2) is 5.92 Å². The molecule has 1 aromatic rings. The van der Waals surface area contributed by atoms with E-state index < -0.39 is 24.3 Å². The van der Waals surface area contributed by atoms with E-state index in [1.807, 2.05) is 0 Å². The Balaban J connectivity index is 3.19. The van der Waals surface area contributed by atoms with Gasteiger partial charge in [-0.05, 0) is 28.9 Å². The van der Waals surface area contributed by atoms with Crippen LogP contribution in [0.3, 0.4) is 0 Å². The zero-order chi connectivity index (χ0) is 14.3. The van der Waals surface area contributed by atoms with Crippen molar-refractivity contribution >= 4 is 27.3 Å². The van der Waals surface area contributed by atoms with Gasteiger partial charge in [0, 0.05) is 14.2 Å². The van der Waals surface area contributed by atoms with E-state index >= 15 is 0 Å².